The van der Waals surface area contributed by atoms with Gasteiger partial charge in [-0.25, -0.2) is 18.1 Å². The van der Waals surface area contributed by atoms with Crippen molar-refractivity contribution in [1.29, 1.82) is 0 Å². The van der Waals surface area contributed by atoms with Gasteiger partial charge in [0.25, 0.3) is 0 Å². The zero-order valence-electron chi connectivity index (χ0n) is 11.0. The lowest BCUT2D eigenvalue weighted by Gasteiger charge is -2.04. The van der Waals surface area contributed by atoms with E-state index in [9.17, 15) is 13.2 Å². The number of aromatic nitrogens is 1. The fraction of sp³-hybridized carbons (Fsp3) is 0.636. The smallest absolute Gasteiger partial charge is 0.312 e. The van der Waals surface area contributed by atoms with Gasteiger partial charge in [0, 0.05) is 18.0 Å². The van der Waals surface area contributed by atoms with Crippen molar-refractivity contribution in [2.75, 3.05) is 24.7 Å². The molecule has 0 saturated carbocycles. The highest BCUT2D eigenvalue weighted by molar-refractivity contribution is 7.88. The Morgan fingerprint density at radius 2 is 2.25 bits per heavy atom. The van der Waals surface area contributed by atoms with Gasteiger partial charge in [-0.2, -0.15) is 0 Å². The summed E-state index contributed by atoms with van der Waals surface area (Å²) in [6.45, 7) is 0.960. The molecular formula is C11H17N3O4S2. The summed E-state index contributed by atoms with van der Waals surface area (Å²) >= 11 is 1.48. The number of thiazole rings is 1. The number of aryl methyl sites for hydroxylation is 1. The van der Waals surface area contributed by atoms with E-state index in [0.29, 0.717) is 36.8 Å². The molecule has 0 aromatic carbocycles. The number of anilines is 1. The van der Waals surface area contributed by atoms with Gasteiger partial charge in [0.1, 0.15) is 5.92 Å². The summed E-state index contributed by atoms with van der Waals surface area (Å²) in [4.78, 5) is 16.4. The molecule has 1 aromatic rings. The van der Waals surface area contributed by atoms with Crippen LogP contribution in [0.3, 0.4) is 0 Å². The van der Waals surface area contributed by atoms with Crippen LogP contribution in [0.2, 0.25) is 0 Å². The summed E-state index contributed by atoms with van der Waals surface area (Å²) in [6.07, 6.45) is 3.15. The molecular weight excluding hydrogens is 302 g/mol. The molecule has 0 saturated heterocycles. The molecule has 112 valence electrons. The number of sulfonamides is 1. The number of carboxylic acid groups (broad SMARTS) is 1. The number of hydrogen-bond donors (Lipinski definition) is 3. The molecule has 20 heavy (non-hydrogen) atoms. The highest BCUT2D eigenvalue weighted by Gasteiger charge is 2.32. The van der Waals surface area contributed by atoms with E-state index in [2.05, 4.69) is 15.0 Å². The third-order valence-corrected chi connectivity index (χ3v) is 4.83. The molecule has 1 aliphatic rings. The Hall–Kier alpha value is -1.19. The van der Waals surface area contributed by atoms with Crippen LogP contribution in [0, 0.1) is 0 Å². The molecule has 1 aliphatic carbocycles. The topological polar surface area (TPSA) is 108 Å². The number of fused-ring (bicyclic) bond motifs is 1. The van der Waals surface area contributed by atoms with Crippen LogP contribution < -0.4 is 10.0 Å². The van der Waals surface area contributed by atoms with Crippen LogP contribution in [-0.4, -0.2) is 43.8 Å². The average Bonchev–Trinajstić information content (AvgIpc) is 2.85. The first-order valence-electron chi connectivity index (χ1n) is 6.28. The average molecular weight is 319 g/mol. The third kappa shape index (κ3) is 3.90. The molecule has 2 rings (SSSR count). The first-order valence-corrected chi connectivity index (χ1v) is 8.98. The van der Waals surface area contributed by atoms with Crippen LogP contribution in [0.25, 0.3) is 0 Å². The van der Waals surface area contributed by atoms with Crippen molar-refractivity contribution in [2.24, 2.45) is 0 Å². The Morgan fingerprint density at radius 1 is 1.50 bits per heavy atom. The van der Waals surface area contributed by atoms with Crippen molar-refractivity contribution in [1.82, 2.24) is 9.71 Å². The lowest BCUT2D eigenvalue weighted by Crippen LogP contribution is -2.24. The minimum Gasteiger partial charge on any atom is -0.481 e. The van der Waals surface area contributed by atoms with E-state index in [0.717, 1.165) is 17.6 Å². The standard InChI is InChI=1S/C11H17N3O4S2/c1-20(17,18)13-6-2-5-12-11-14-9-7(10(15)16)3-4-8(9)19-11/h7,13H,2-6H2,1H3,(H,12,14)(H,15,16). The summed E-state index contributed by atoms with van der Waals surface area (Å²) < 4.78 is 24.1. The summed E-state index contributed by atoms with van der Waals surface area (Å²) in [5.41, 5.74) is 0.680. The molecule has 0 fully saturated rings. The van der Waals surface area contributed by atoms with Gasteiger partial charge in [-0.15, -0.1) is 11.3 Å². The van der Waals surface area contributed by atoms with Gasteiger partial charge < -0.3 is 10.4 Å². The number of nitrogens with zero attached hydrogens (tertiary/aromatic N) is 1. The highest BCUT2D eigenvalue weighted by Crippen LogP contribution is 2.38. The normalized spacial score (nSPS) is 17.9. The Morgan fingerprint density at radius 3 is 2.90 bits per heavy atom. The Kier molecular flexibility index (Phi) is 4.61. The molecule has 1 unspecified atom stereocenters. The molecule has 7 nitrogen and oxygen atoms in total. The van der Waals surface area contributed by atoms with E-state index in [1.807, 2.05) is 0 Å². The highest BCUT2D eigenvalue weighted by atomic mass is 32.2. The van der Waals surface area contributed by atoms with Crippen LogP contribution in [0.15, 0.2) is 0 Å². The maximum Gasteiger partial charge on any atom is 0.312 e. The van der Waals surface area contributed by atoms with Crippen LogP contribution >= 0.6 is 11.3 Å². The lowest BCUT2D eigenvalue weighted by molar-refractivity contribution is -0.138. The SMILES string of the molecule is CS(=O)(=O)NCCCNc1nc2c(s1)CCC2C(=O)O. The number of aliphatic carboxylic acids is 1. The van der Waals surface area contributed by atoms with Crippen molar-refractivity contribution < 1.29 is 18.3 Å². The van der Waals surface area contributed by atoms with Gasteiger partial charge in [-0.3, -0.25) is 4.79 Å². The quantitative estimate of drug-likeness (QED) is 0.635. The van der Waals surface area contributed by atoms with E-state index in [1.54, 1.807) is 0 Å². The van der Waals surface area contributed by atoms with Gasteiger partial charge in [0.2, 0.25) is 10.0 Å². The van der Waals surface area contributed by atoms with Crippen molar-refractivity contribution in [3.63, 3.8) is 0 Å². The van der Waals surface area contributed by atoms with E-state index in [-0.39, 0.29) is 0 Å². The van der Waals surface area contributed by atoms with Gasteiger partial charge in [0.15, 0.2) is 5.13 Å². The predicted octanol–water partition coefficient (Wildman–Crippen LogP) is 0.609. The van der Waals surface area contributed by atoms with Crippen LogP contribution in [0.1, 0.15) is 29.3 Å². The van der Waals surface area contributed by atoms with E-state index in [1.165, 1.54) is 11.3 Å². The van der Waals surface area contributed by atoms with Crippen molar-refractivity contribution in [3.05, 3.63) is 10.6 Å². The molecule has 0 aliphatic heterocycles. The predicted molar refractivity (Wildman–Crippen MR) is 76.8 cm³/mol. The van der Waals surface area contributed by atoms with Crippen LogP contribution in [0.5, 0.6) is 0 Å². The summed E-state index contributed by atoms with van der Waals surface area (Å²) in [6, 6.07) is 0. The molecule has 0 radical (unpaired) electrons. The first-order chi connectivity index (χ1) is 9.37. The van der Waals surface area contributed by atoms with Crippen molar-refractivity contribution >= 4 is 32.5 Å². The zero-order chi connectivity index (χ0) is 14.8. The summed E-state index contributed by atoms with van der Waals surface area (Å²) in [7, 11) is -3.14. The second-order valence-corrected chi connectivity index (χ2v) is 7.62. The number of carboxylic acids is 1. The number of hydrogen-bond acceptors (Lipinski definition) is 6. The Balaban J connectivity index is 1.81. The lowest BCUT2D eigenvalue weighted by atomic mass is 10.1. The largest absolute Gasteiger partial charge is 0.481 e. The van der Waals surface area contributed by atoms with Gasteiger partial charge in [-0.05, 0) is 19.3 Å². The van der Waals surface area contributed by atoms with Crippen molar-refractivity contribution in [2.45, 2.75) is 25.2 Å². The fourth-order valence-electron chi connectivity index (χ4n) is 2.08. The molecule has 0 spiro atoms. The maximum atomic E-state index is 11.0. The minimum absolute atomic E-state index is 0.370. The molecule has 0 bridgehead atoms. The second-order valence-electron chi connectivity index (χ2n) is 4.70. The van der Waals surface area contributed by atoms with Crippen LogP contribution in [0.4, 0.5) is 5.13 Å². The summed E-state index contributed by atoms with van der Waals surface area (Å²) in [5, 5.41) is 12.9. The monoisotopic (exact) mass is 319 g/mol. The van der Waals surface area contributed by atoms with Crippen LogP contribution in [-0.2, 0) is 21.2 Å². The van der Waals surface area contributed by atoms with E-state index >= 15 is 0 Å². The molecule has 3 N–H and O–H groups in total. The fourth-order valence-corrected chi connectivity index (χ4v) is 3.66. The number of nitrogens with one attached hydrogen (secondary N) is 2. The zero-order valence-corrected chi connectivity index (χ0v) is 12.7. The van der Waals surface area contributed by atoms with Gasteiger partial charge in [0.05, 0.1) is 11.9 Å². The van der Waals surface area contributed by atoms with Crippen molar-refractivity contribution in [3.8, 4) is 0 Å². The second kappa shape index (κ2) is 6.06. The maximum absolute atomic E-state index is 11.0. The van der Waals surface area contributed by atoms with E-state index < -0.39 is 21.9 Å². The molecule has 0 amide bonds. The molecule has 1 heterocycles. The Bertz CT molecular complexity index is 597. The molecule has 1 aromatic heterocycles. The van der Waals surface area contributed by atoms with E-state index in [4.69, 9.17) is 5.11 Å². The Labute approximate surface area is 121 Å². The molecule has 9 heteroatoms. The first kappa shape index (κ1) is 15.2. The number of carbonyl (C=O) groups is 1. The third-order valence-electron chi connectivity index (χ3n) is 3.01. The summed E-state index contributed by atoms with van der Waals surface area (Å²) in [5.74, 6) is -1.30. The van der Waals surface area contributed by atoms with Gasteiger partial charge in [-0.1, -0.05) is 0 Å². The number of rotatable bonds is 7. The minimum atomic E-state index is -3.14. The molecule has 1 atom stereocenters. The van der Waals surface area contributed by atoms with Gasteiger partial charge >= 0.3 is 5.97 Å².